The predicted molar refractivity (Wildman–Crippen MR) is 77.0 cm³/mol. The van der Waals surface area contributed by atoms with Crippen LogP contribution in [0, 0.1) is 0 Å². The molecule has 0 unspecified atom stereocenters. The SMILES string of the molecule is CCOC(=O)C(=CN(C)C)NC(=O)Nc1ccccc1. The number of nitrogens with zero attached hydrogens (tertiary/aromatic N) is 1. The minimum absolute atomic E-state index is 0.0743. The minimum Gasteiger partial charge on any atom is -0.461 e. The number of nitrogens with one attached hydrogen (secondary N) is 2. The number of benzene rings is 1. The molecule has 0 aliphatic heterocycles. The standard InChI is InChI=1S/C14H19N3O3/c1-4-20-13(18)12(10-17(2)3)16-14(19)15-11-8-6-5-7-9-11/h5-10H,4H2,1-3H3,(H2,15,16,19). The first-order valence-electron chi connectivity index (χ1n) is 6.21. The van der Waals surface area contributed by atoms with Crippen molar-refractivity contribution in [1.82, 2.24) is 10.2 Å². The number of rotatable bonds is 5. The van der Waals surface area contributed by atoms with Crippen molar-refractivity contribution < 1.29 is 14.3 Å². The van der Waals surface area contributed by atoms with Gasteiger partial charge in [-0.1, -0.05) is 18.2 Å². The van der Waals surface area contributed by atoms with E-state index in [9.17, 15) is 9.59 Å². The lowest BCUT2D eigenvalue weighted by atomic mass is 10.3. The third-order valence-corrected chi connectivity index (χ3v) is 2.16. The lowest BCUT2D eigenvalue weighted by molar-refractivity contribution is -0.138. The van der Waals surface area contributed by atoms with Crippen LogP contribution in [0.2, 0.25) is 0 Å². The number of urea groups is 1. The van der Waals surface area contributed by atoms with E-state index in [2.05, 4.69) is 10.6 Å². The van der Waals surface area contributed by atoms with Gasteiger partial charge in [0.2, 0.25) is 0 Å². The van der Waals surface area contributed by atoms with Crippen molar-refractivity contribution in [3.8, 4) is 0 Å². The Kier molecular flexibility index (Phi) is 6.09. The van der Waals surface area contributed by atoms with E-state index in [4.69, 9.17) is 4.74 Å². The van der Waals surface area contributed by atoms with E-state index in [1.54, 1.807) is 50.2 Å². The Morgan fingerprint density at radius 1 is 1.25 bits per heavy atom. The van der Waals surface area contributed by atoms with Crippen LogP contribution < -0.4 is 10.6 Å². The van der Waals surface area contributed by atoms with Gasteiger partial charge in [0.15, 0.2) is 0 Å². The number of para-hydroxylation sites is 1. The van der Waals surface area contributed by atoms with E-state index in [-0.39, 0.29) is 12.3 Å². The highest BCUT2D eigenvalue weighted by Gasteiger charge is 2.14. The molecule has 0 aliphatic rings. The number of hydrogen-bond donors (Lipinski definition) is 2. The van der Waals surface area contributed by atoms with Crippen molar-refractivity contribution in [3.63, 3.8) is 0 Å². The van der Waals surface area contributed by atoms with Crippen molar-refractivity contribution in [2.75, 3.05) is 26.0 Å². The maximum atomic E-state index is 11.8. The lowest BCUT2D eigenvalue weighted by Gasteiger charge is -2.13. The van der Waals surface area contributed by atoms with Gasteiger partial charge in [0, 0.05) is 26.0 Å². The Balaban J connectivity index is 2.70. The minimum atomic E-state index is -0.579. The van der Waals surface area contributed by atoms with Crippen LogP contribution in [0.1, 0.15) is 6.92 Å². The first kappa shape index (κ1) is 15.6. The molecule has 108 valence electrons. The molecule has 0 fully saturated rings. The second kappa shape index (κ2) is 7.83. The molecule has 1 rings (SSSR count). The van der Waals surface area contributed by atoms with Gasteiger partial charge < -0.3 is 20.3 Å². The molecule has 0 bridgehead atoms. The largest absolute Gasteiger partial charge is 0.461 e. The summed E-state index contributed by atoms with van der Waals surface area (Å²) in [5.41, 5.74) is 0.711. The smallest absolute Gasteiger partial charge is 0.356 e. The first-order valence-corrected chi connectivity index (χ1v) is 6.21. The summed E-state index contributed by atoms with van der Waals surface area (Å²) >= 11 is 0. The molecule has 6 nitrogen and oxygen atoms in total. The monoisotopic (exact) mass is 277 g/mol. The van der Waals surface area contributed by atoms with Crippen LogP contribution in [0.25, 0.3) is 0 Å². The summed E-state index contributed by atoms with van der Waals surface area (Å²) in [5.74, 6) is -0.579. The summed E-state index contributed by atoms with van der Waals surface area (Å²) in [6.07, 6.45) is 1.49. The van der Waals surface area contributed by atoms with Gasteiger partial charge in [-0.05, 0) is 19.1 Å². The molecule has 0 heterocycles. The van der Waals surface area contributed by atoms with Crippen LogP contribution in [0.5, 0.6) is 0 Å². The summed E-state index contributed by atoms with van der Waals surface area (Å²) < 4.78 is 4.88. The zero-order chi connectivity index (χ0) is 15.0. The van der Waals surface area contributed by atoms with Crippen molar-refractivity contribution in [2.45, 2.75) is 6.92 Å². The third-order valence-electron chi connectivity index (χ3n) is 2.16. The van der Waals surface area contributed by atoms with Gasteiger partial charge in [-0.2, -0.15) is 0 Å². The molecular weight excluding hydrogens is 258 g/mol. The predicted octanol–water partition coefficient (Wildman–Crippen LogP) is 1.77. The van der Waals surface area contributed by atoms with Crippen molar-refractivity contribution in [2.24, 2.45) is 0 Å². The highest BCUT2D eigenvalue weighted by Crippen LogP contribution is 2.05. The van der Waals surface area contributed by atoms with Crippen LogP contribution >= 0.6 is 0 Å². The van der Waals surface area contributed by atoms with Gasteiger partial charge in [-0.3, -0.25) is 0 Å². The van der Waals surface area contributed by atoms with E-state index in [0.29, 0.717) is 5.69 Å². The number of ether oxygens (including phenoxy) is 1. The molecular formula is C14H19N3O3. The van der Waals surface area contributed by atoms with E-state index >= 15 is 0 Å². The molecule has 6 heteroatoms. The quantitative estimate of drug-likeness (QED) is 0.635. The summed E-state index contributed by atoms with van der Waals surface area (Å²) in [7, 11) is 3.49. The average molecular weight is 277 g/mol. The zero-order valence-corrected chi connectivity index (χ0v) is 11.8. The number of carbonyl (C=O) groups is 2. The normalized spacial score (nSPS) is 10.7. The molecule has 0 spiro atoms. The number of anilines is 1. The van der Waals surface area contributed by atoms with E-state index in [1.807, 2.05) is 6.07 Å². The fourth-order valence-corrected chi connectivity index (χ4v) is 1.41. The summed E-state index contributed by atoms with van der Waals surface area (Å²) in [5, 5.41) is 5.10. The zero-order valence-electron chi connectivity index (χ0n) is 11.8. The molecule has 0 atom stereocenters. The second-order valence-electron chi connectivity index (χ2n) is 4.17. The molecule has 0 radical (unpaired) electrons. The van der Waals surface area contributed by atoms with Crippen molar-refractivity contribution in [3.05, 3.63) is 42.2 Å². The van der Waals surface area contributed by atoms with Gasteiger partial charge >= 0.3 is 12.0 Å². The Labute approximate surface area is 118 Å². The van der Waals surface area contributed by atoms with Crippen molar-refractivity contribution in [1.29, 1.82) is 0 Å². The Morgan fingerprint density at radius 2 is 1.90 bits per heavy atom. The van der Waals surface area contributed by atoms with Gasteiger partial charge in [0.05, 0.1) is 6.61 Å². The van der Waals surface area contributed by atoms with E-state index < -0.39 is 12.0 Å². The highest BCUT2D eigenvalue weighted by atomic mass is 16.5. The molecule has 2 amide bonds. The van der Waals surface area contributed by atoms with Gasteiger partial charge in [-0.25, -0.2) is 9.59 Å². The number of carbonyl (C=O) groups excluding carboxylic acids is 2. The van der Waals surface area contributed by atoms with Gasteiger partial charge in [0.25, 0.3) is 0 Å². The molecule has 0 saturated carbocycles. The Bertz CT molecular complexity index is 484. The van der Waals surface area contributed by atoms with Crippen LogP contribution in [0.15, 0.2) is 42.2 Å². The average Bonchev–Trinajstić information content (AvgIpc) is 2.38. The van der Waals surface area contributed by atoms with Crippen LogP contribution in [-0.4, -0.2) is 37.6 Å². The molecule has 2 N–H and O–H groups in total. The fraction of sp³-hybridized carbons (Fsp3) is 0.286. The van der Waals surface area contributed by atoms with E-state index in [1.165, 1.54) is 6.20 Å². The van der Waals surface area contributed by atoms with Crippen molar-refractivity contribution >= 4 is 17.7 Å². The van der Waals surface area contributed by atoms with Gasteiger partial charge in [0.1, 0.15) is 5.70 Å². The topological polar surface area (TPSA) is 70.7 Å². The number of amides is 2. The molecule has 1 aromatic rings. The second-order valence-corrected chi connectivity index (χ2v) is 4.17. The lowest BCUT2D eigenvalue weighted by Crippen LogP contribution is -2.33. The third kappa shape index (κ3) is 5.43. The molecule has 0 aliphatic carbocycles. The van der Waals surface area contributed by atoms with Crippen LogP contribution in [0.3, 0.4) is 0 Å². The number of hydrogen-bond acceptors (Lipinski definition) is 4. The fourth-order valence-electron chi connectivity index (χ4n) is 1.41. The first-order chi connectivity index (χ1) is 9.52. The molecule has 1 aromatic carbocycles. The molecule has 20 heavy (non-hydrogen) atoms. The summed E-state index contributed by atoms with van der Waals surface area (Å²) in [4.78, 5) is 25.2. The maximum Gasteiger partial charge on any atom is 0.356 e. The Morgan fingerprint density at radius 3 is 2.45 bits per heavy atom. The molecule has 0 saturated heterocycles. The van der Waals surface area contributed by atoms with Crippen LogP contribution in [0.4, 0.5) is 10.5 Å². The maximum absolute atomic E-state index is 11.8. The van der Waals surface area contributed by atoms with Crippen LogP contribution in [-0.2, 0) is 9.53 Å². The van der Waals surface area contributed by atoms with E-state index in [0.717, 1.165) is 0 Å². The molecule has 0 aromatic heterocycles. The summed E-state index contributed by atoms with van der Waals surface area (Å²) in [6, 6.07) is 8.45. The Hall–Kier alpha value is -2.50. The number of esters is 1. The van der Waals surface area contributed by atoms with Gasteiger partial charge in [-0.15, -0.1) is 0 Å². The highest BCUT2D eigenvalue weighted by molar-refractivity contribution is 5.97. The summed E-state index contributed by atoms with van der Waals surface area (Å²) in [6.45, 7) is 1.95.